The van der Waals surface area contributed by atoms with Crippen molar-refractivity contribution in [1.29, 1.82) is 0 Å². The van der Waals surface area contributed by atoms with Crippen LogP contribution in [0.15, 0.2) is 36.5 Å². The van der Waals surface area contributed by atoms with E-state index in [4.69, 9.17) is 40.4 Å². The molecular weight excluding hydrogens is 560 g/mol. The highest BCUT2D eigenvalue weighted by atomic mass is 35.5. The molecule has 0 bridgehead atoms. The second-order valence-electron chi connectivity index (χ2n) is 9.96. The number of amides is 2. The average molecular weight is 592 g/mol. The summed E-state index contributed by atoms with van der Waals surface area (Å²) in [5.41, 5.74) is 4.10. The molecule has 3 heterocycles. The second kappa shape index (κ2) is 11.8. The smallest absolute Gasteiger partial charge is 0.455 e. The van der Waals surface area contributed by atoms with Crippen molar-refractivity contribution in [2.45, 2.75) is 69.7 Å². The first-order valence-corrected chi connectivity index (χ1v) is 14.2. The molecular formula is C24H32ClFN3O9P. The molecule has 0 spiro atoms. The lowest BCUT2D eigenvalue weighted by Gasteiger charge is -2.35. The van der Waals surface area contributed by atoms with Crippen molar-refractivity contribution < 1.29 is 46.7 Å². The number of aliphatic hydroxyl groups is 1. The number of hydrogen-bond acceptors (Lipinski definition) is 10. The van der Waals surface area contributed by atoms with Crippen LogP contribution in [0.1, 0.15) is 38.9 Å². The number of phosphoric acid groups is 1. The molecule has 2 fully saturated rings. The molecule has 4 N–H and O–H groups in total. The van der Waals surface area contributed by atoms with Crippen LogP contribution in [0.3, 0.4) is 0 Å². The molecule has 1 unspecified atom stereocenters. The van der Waals surface area contributed by atoms with Crippen LogP contribution in [-0.2, 0) is 32.4 Å². The van der Waals surface area contributed by atoms with Gasteiger partial charge in [0.25, 0.3) is 0 Å². The summed E-state index contributed by atoms with van der Waals surface area (Å²) in [5.74, 6) is -1.20. The van der Waals surface area contributed by atoms with Gasteiger partial charge >= 0.3 is 19.8 Å². The Hall–Kier alpha value is -2.09. The summed E-state index contributed by atoms with van der Waals surface area (Å²) in [7, 11) is -4.16. The number of urea groups is 1. The fraction of sp³-hybridized carbons (Fsp3) is 0.583. The number of benzene rings is 1. The molecule has 0 aliphatic carbocycles. The minimum absolute atomic E-state index is 0.0478. The summed E-state index contributed by atoms with van der Waals surface area (Å²) in [6.07, 6.45) is -3.73. The quantitative estimate of drug-likeness (QED) is 0.303. The first-order chi connectivity index (χ1) is 18.3. The number of carbonyl (C=O) groups is 2. The van der Waals surface area contributed by atoms with Gasteiger partial charge in [0.05, 0.1) is 19.3 Å². The number of esters is 1. The fourth-order valence-electron chi connectivity index (χ4n) is 4.36. The van der Waals surface area contributed by atoms with E-state index in [1.807, 2.05) is 0 Å². The molecule has 39 heavy (non-hydrogen) atoms. The van der Waals surface area contributed by atoms with Gasteiger partial charge in [0, 0.05) is 17.6 Å². The third kappa shape index (κ3) is 6.63. The van der Waals surface area contributed by atoms with Gasteiger partial charge in [-0.3, -0.25) is 23.3 Å². The maximum Gasteiger partial charge on any atom is 0.475 e. The normalized spacial score (nSPS) is 35.6. The minimum Gasteiger partial charge on any atom is -0.455 e. The number of nitrogens with one attached hydrogen (secondary N) is 1. The number of aliphatic hydroxyl groups excluding tert-OH is 1. The predicted molar refractivity (Wildman–Crippen MR) is 136 cm³/mol. The Morgan fingerprint density at radius 2 is 2.18 bits per heavy atom. The maximum atomic E-state index is 16.3. The number of halogens is 2. The topological polar surface area (TPSA) is 159 Å². The summed E-state index contributed by atoms with van der Waals surface area (Å²) >= 11 is 6.06. The Labute approximate surface area is 230 Å². The van der Waals surface area contributed by atoms with E-state index < -0.39 is 68.9 Å². The van der Waals surface area contributed by atoms with Gasteiger partial charge in [0.1, 0.15) is 18.4 Å². The minimum atomic E-state index is -4.16. The van der Waals surface area contributed by atoms with Crippen molar-refractivity contribution >= 4 is 31.4 Å². The molecule has 15 heteroatoms. The lowest BCUT2D eigenvalue weighted by molar-refractivity contribution is -0.161. The summed E-state index contributed by atoms with van der Waals surface area (Å²) in [6, 6.07) is 4.93. The highest BCUT2D eigenvalue weighted by Gasteiger charge is 2.60. The number of nitrogens with two attached hydrogens (primary N) is 1. The van der Waals surface area contributed by atoms with Crippen LogP contribution in [0.25, 0.3) is 0 Å². The van der Waals surface area contributed by atoms with Gasteiger partial charge in [-0.15, -0.1) is 0 Å². The molecule has 2 saturated heterocycles. The number of hydrogen-bond donors (Lipinski definition) is 3. The largest absolute Gasteiger partial charge is 0.475 e. The van der Waals surface area contributed by atoms with E-state index in [1.54, 1.807) is 38.1 Å². The summed E-state index contributed by atoms with van der Waals surface area (Å²) in [6.45, 7) is 3.96. The van der Waals surface area contributed by atoms with Crippen LogP contribution in [0, 0.1) is 5.92 Å². The monoisotopic (exact) mass is 591 g/mol. The number of ether oxygens (including phenoxy) is 2. The third-order valence-corrected chi connectivity index (χ3v) is 8.32. The van der Waals surface area contributed by atoms with Gasteiger partial charge in [0.15, 0.2) is 18.0 Å². The number of phosphoric ester groups is 1. The number of alkyl halides is 1. The molecule has 4 rings (SSSR count). The Bertz CT molecular complexity index is 1160. The third-order valence-electron chi connectivity index (χ3n) is 6.60. The van der Waals surface area contributed by atoms with Crippen LogP contribution in [0.5, 0.6) is 0 Å². The Kier molecular flexibility index (Phi) is 9.04. The summed E-state index contributed by atoms with van der Waals surface area (Å²) in [5, 5.41) is 12.3. The van der Waals surface area contributed by atoms with Gasteiger partial charge in [-0.05, 0) is 36.6 Å². The predicted octanol–water partition coefficient (Wildman–Crippen LogP) is 3.15. The zero-order chi connectivity index (χ0) is 28.5. The van der Waals surface area contributed by atoms with E-state index >= 15 is 4.39 Å². The molecule has 3 aliphatic rings. The lowest BCUT2D eigenvalue weighted by Crippen LogP contribution is -2.56. The van der Waals surface area contributed by atoms with Gasteiger partial charge in [-0.25, -0.2) is 13.8 Å². The van der Waals surface area contributed by atoms with Gasteiger partial charge in [-0.1, -0.05) is 37.6 Å². The van der Waals surface area contributed by atoms with Crippen LogP contribution in [0.2, 0.25) is 5.02 Å². The van der Waals surface area contributed by atoms with Crippen LogP contribution < -0.4 is 11.1 Å². The molecule has 1 aromatic carbocycles. The number of carbonyl (C=O) groups excluding carboxylic acids is 2. The van der Waals surface area contributed by atoms with E-state index in [1.165, 1.54) is 6.08 Å². The molecule has 3 aliphatic heterocycles. The summed E-state index contributed by atoms with van der Waals surface area (Å²) < 4.78 is 57.3. The molecule has 216 valence electrons. The molecule has 12 nitrogen and oxygen atoms in total. The second-order valence-corrected chi connectivity index (χ2v) is 12.0. The van der Waals surface area contributed by atoms with Crippen molar-refractivity contribution in [3.63, 3.8) is 0 Å². The molecule has 2 amide bonds. The molecule has 0 saturated carbocycles. The first kappa shape index (κ1) is 29.9. The lowest BCUT2D eigenvalue weighted by atomic mass is 9.97. The van der Waals surface area contributed by atoms with Gasteiger partial charge < -0.3 is 25.6 Å². The summed E-state index contributed by atoms with van der Waals surface area (Å²) in [4.78, 5) is 26.0. The van der Waals surface area contributed by atoms with E-state index in [9.17, 15) is 19.3 Å². The SMILES string of the molecule is CC(C)[C@H](N)C(=O)O[C@@H]1[C@@H](CO[P@@]2(=O)OCC[C@@H](c3cccc(Cl)c3)O2)O[C@@H](N2C=CC(O)NC2=O)[C@]1(C)F. The van der Waals surface area contributed by atoms with Crippen molar-refractivity contribution in [3.8, 4) is 0 Å². The Morgan fingerprint density at radius 1 is 1.44 bits per heavy atom. The van der Waals surface area contributed by atoms with Gasteiger partial charge in [0.2, 0.25) is 0 Å². The highest BCUT2D eigenvalue weighted by molar-refractivity contribution is 7.48. The first-order valence-electron chi connectivity index (χ1n) is 12.4. The fourth-order valence-corrected chi connectivity index (χ4v) is 5.95. The van der Waals surface area contributed by atoms with E-state index in [0.29, 0.717) is 17.0 Å². The van der Waals surface area contributed by atoms with Crippen LogP contribution >= 0.6 is 19.4 Å². The van der Waals surface area contributed by atoms with Crippen LogP contribution in [0.4, 0.5) is 9.18 Å². The zero-order valence-electron chi connectivity index (χ0n) is 21.6. The van der Waals surface area contributed by atoms with E-state index in [-0.39, 0.29) is 12.5 Å². The molecule has 0 aromatic heterocycles. The molecule has 0 radical (unpaired) electrons. The average Bonchev–Trinajstić information content (AvgIpc) is 3.11. The van der Waals surface area contributed by atoms with Crippen molar-refractivity contribution in [3.05, 3.63) is 47.1 Å². The van der Waals surface area contributed by atoms with Crippen LogP contribution in [-0.4, -0.2) is 71.6 Å². The Balaban J connectivity index is 1.53. The van der Waals surface area contributed by atoms with Crippen molar-refractivity contribution in [2.75, 3.05) is 13.2 Å². The zero-order valence-corrected chi connectivity index (χ0v) is 23.2. The number of nitrogens with zero attached hydrogens (tertiary/aromatic N) is 1. The van der Waals surface area contributed by atoms with E-state index in [0.717, 1.165) is 18.0 Å². The standard InChI is InChI=1S/C24H32ClFN3O9P/c1-13(2)19(27)21(31)37-20-17(36-22(24(20,3)26)29-9-7-18(30)28-23(29)32)12-35-39(33)34-10-8-16(38-39)14-5-4-6-15(25)11-14/h4-7,9,11,13,16-20,22,30H,8,10,12,27H2,1-3H3,(H,28,32)/t16-,17+,18?,19-,20+,22+,24+,39+/m0/s1. The Morgan fingerprint density at radius 3 is 2.85 bits per heavy atom. The van der Waals surface area contributed by atoms with E-state index in [2.05, 4.69) is 5.32 Å². The number of rotatable bonds is 8. The van der Waals surface area contributed by atoms with Crippen molar-refractivity contribution in [1.82, 2.24) is 10.2 Å². The van der Waals surface area contributed by atoms with Crippen molar-refractivity contribution in [2.24, 2.45) is 11.7 Å². The highest BCUT2D eigenvalue weighted by Crippen LogP contribution is 2.57. The molecule has 1 aromatic rings. The van der Waals surface area contributed by atoms with Gasteiger partial charge in [-0.2, -0.15) is 0 Å². The molecule has 8 atom stereocenters. The maximum absolute atomic E-state index is 16.3.